The van der Waals surface area contributed by atoms with E-state index in [4.69, 9.17) is 9.47 Å². The van der Waals surface area contributed by atoms with Crippen LogP contribution in [0.4, 0.5) is 17.1 Å². The maximum absolute atomic E-state index is 12.9. The second-order valence-corrected chi connectivity index (χ2v) is 7.34. The molecule has 8 nitrogen and oxygen atoms in total. The molecule has 4 rings (SSSR count). The van der Waals surface area contributed by atoms with Crippen LogP contribution >= 0.6 is 0 Å². The molecule has 3 amide bonds. The summed E-state index contributed by atoms with van der Waals surface area (Å²) in [6.45, 7) is 3.87. The summed E-state index contributed by atoms with van der Waals surface area (Å²) < 4.78 is 10.7. The summed E-state index contributed by atoms with van der Waals surface area (Å²) in [6.07, 6.45) is 0.857. The van der Waals surface area contributed by atoms with E-state index in [9.17, 15) is 14.4 Å². The minimum Gasteiger partial charge on any atom is -0.454 e. The van der Waals surface area contributed by atoms with Crippen molar-refractivity contribution in [2.24, 2.45) is 5.92 Å². The molecule has 156 valence electrons. The van der Waals surface area contributed by atoms with E-state index in [2.05, 4.69) is 10.6 Å². The Hall–Kier alpha value is -3.55. The summed E-state index contributed by atoms with van der Waals surface area (Å²) >= 11 is 0. The number of hydrogen-bond acceptors (Lipinski definition) is 5. The fraction of sp³-hybridized carbons (Fsp3) is 0.318. The molecule has 1 saturated heterocycles. The molecule has 0 aliphatic carbocycles. The Labute approximate surface area is 174 Å². The van der Waals surface area contributed by atoms with E-state index in [-0.39, 0.29) is 37.5 Å². The molecule has 2 aliphatic rings. The topological polar surface area (TPSA) is 97.0 Å². The lowest BCUT2D eigenvalue weighted by Gasteiger charge is -2.18. The molecule has 0 saturated carbocycles. The quantitative estimate of drug-likeness (QED) is 0.792. The standard InChI is InChI=1S/C22H23N3O5/c1-3-14-4-5-16(23-13(2)26)9-18(14)24-22(28)15-8-21(27)25(11-15)17-6-7-19-20(10-17)30-12-29-19/h4-7,9-10,15H,3,8,11-12H2,1-2H3,(H,23,26)(H,24,28). The molecule has 2 aromatic rings. The lowest BCUT2D eigenvalue weighted by molar-refractivity contribution is -0.122. The molecule has 1 unspecified atom stereocenters. The van der Waals surface area contributed by atoms with Crippen molar-refractivity contribution in [3.63, 3.8) is 0 Å². The largest absolute Gasteiger partial charge is 0.454 e. The Balaban J connectivity index is 1.48. The maximum Gasteiger partial charge on any atom is 0.231 e. The molecule has 2 aliphatic heterocycles. The van der Waals surface area contributed by atoms with Gasteiger partial charge in [0.1, 0.15) is 0 Å². The van der Waals surface area contributed by atoms with Crippen LogP contribution in [0.3, 0.4) is 0 Å². The number of ether oxygens (including phenoxy) is 2. The number of benzene rings is 2. The average Bonchev–Trinajstić information content (AvgIpc) is 3.33. The summed E-state index contributed by atoms with van der Waals surface area (Å²) in [7, 11) is 0. The van der Waals surface area contributed by atoms with Crippen molar-refractivity contribution in [3.8, 4) is 11.5 Å². The second kappa shape index (κ2) is 8.06. The lowest BCUT2D eigenvalue weighted by atomic mass is 10.1. The van der Waals surface area contributed by atoms with Gasteiger partial charge in [0.2, 0.25) is 24.5 Å². The van der Waals surface area contributed by atoms with Crippen molar-refractivity contribution >= 4 is 34.8 Å². The van der Waals surface area contributed by atoms with E-state index in [0.717, 1.165) is 12.0 Å². The third kappa shape index (κ3) is 3.94. The number of amides is 3. The molecule has 0 radical (unpaired) electrons. The second-order valence-electron chi connectivity index (χ2n) is 7.34. The zero-order chi connectivity index (χ0) is 21.3. The Morgan fingerprint density at radius 3 is 2.67 bits per heavy atom. The third-order valence-corrected chi connectivity index (χ3v) is 5.23. The number of aryl methyl sites for hydroxylation is 1. The van der Waals surface area contributed by atoms with Gasteiger partial charge in [0.15, 0.2) is 11.5 Å². The highest BCUT2D eigenvalue weighted by molar-refractivity contribution is 6.04. The first-order valence-corrected chi connectivity index (χ1v) is 9.86. The number of carbonyl (C=O) groups is 3. The molecule has 0 spiro atoms. The minimum absolute atomic E-state index is 0.114. The normalized spacial score (nSPS) is 17.2. The Kier molecular flexibility index (Phi) is 5.31. The first kappa shape index (κ1) is 19.8. The van der Waals surface area contributed by atoms with Gasteiger partial charge in [-0.3, -0.25) is 14.4 Å². The van der Waals surface area contributed by atoms with Crippen molar-refractivity contribution in [2.45, 2.75) is 26.7 Å². The van der Waals surface area contributed by atoms with Gasteiger partial charge in [0.25, 0.3) is 0 Å². The summed E-state index contributed by atoms with van der Waals surface area (Å²) in [5, 5.41) is 5.66. The molecular weight excluding hydrogens is 386 g/mol. The number of hydrogen-bond donors (Lipinski definition) is 2. The molecule has 1 fully saturated rings. The Bertz CT molecular complexity index is 1020. The molecule has 2 N–H and O–H groups in total. The van der Waals surface area contributed by atoms with E-state index in [1.807, 2.05) is 13.0 Å². The van der Waals surface area contributed by atoms with E-state index < -0.39 is 5.92 Å². The van der Waals surface area contributed by atoms with Crippen LogP contribution in [0.1, 0.15) is 25.8 Å². The van der Waals surface area contributed by atoms with Gasteiger partial charge in [-0.25, -0.2) is 0 Å². The molecule has 2 heterocycles. The molecule has 0 bridgehead atoms. The van der Waals surface area contributed by atoms with Gasteiger partial charge >= 0.3 is 0 Å². The molecule has 1 atom stereocenters. The van der Waals surface area contributed by atoms with Crippen molar-refractivity contribution in [1.82, 2.24) is 0 Å². The molecule has 2 aromatic carbocycles. The van der Waals surface area contributed by atoms with E-state index in [1.54, 1.807) is 35.2 Å². The number of rotatable bonds is 5. The highest BCUT2D eigenvalue weighted by atomic mass is 16.7. The van der Waals surface area contributed by atoms with Crippen molar-refractivity contribution in [3.05, 3.63) is 42.0 Å². The fourth-order valence-corrected chi connectivity index (χ4v) is 3.70. The van der Waals surface area contributed by atoms with Crippen LogP contribution < -0.4 is 25.0 Å². The minimum atomic E-state index is -0.475. The Morgan fingerprint density at radius 2 is 1.90 bits per heavy atom. The predicted molar refractivity (Wildman–Crippen MR) is 112 cm³/mol. The van der Waals surface area contributed by atoms with Crippen molar-refractivity contribution < 1.29 is 23.9 Å². The van der Waals surface area contributed by atoms with Gasteiger partial charge < -0.3 is 25.0 Å². The fourth-order valence-electron chi connectivity index (χ4n) is 3.70. The summed E-state index contributed by atoms with van der Waals surface area (Å²) in [5.74, 6) is 0.244. The molecule has 8 heteroatoms. The van der Waals surface area contributed by atoms with E-state index in [1.165, 1.54) is 6.92 Å². The number of carbonyl (C=O) groups excluding carboxylic acids is 3. The van der Waals surface area contributed by atoms with Crippen LogP contribution in [0.2, 0.25) is 0 Å². The highest BCUT2D eigenvalue weighted by Crippen LogP contribution is 2.37. The number of fused-ring (bicyclic) bond motifs is 1. The van der Waals surface area contributed by atoms with Crippen LogP contribution in [0.15, 0.2) is 36.4 Å². The zero-order valence-corrected chi connectivity index (χ0v) is 16.9. The monoisotopic (exact) mass is 409 g/mol. The van der Waals surface area contributed by atoms with Crippen LogP contribution in [-0.2, 0) is 20.8 Å². The number of anilines is 3. The van der Waals surface area contributed by atoms with Crippen LogP contribution in [-0.4, -0.2) is 31.1 Å². The van der Waals surface area contributed by atoms with Crippen LogP contribution in [0, 0.1) is 5.92 Å². The first-order chi connectivity index (χ1) is 14.4. The predicted octanol–water partition coefficient (Wildman–Crippen LogP) is 2.93. The zero-order valence-electron chi connectivity index (χ0n) is 16.9. The van der Waals surface area contributed by atoms with E-state index >= 15 is 0 Å². The summed E-state index contributed by atoms with van der Waals surface area (Å²) in [4.78, 5) is 38.4. The summed E-state index contributed by atoms with van der Waals surface area (Å²) in [5.41, 5.74) is 2.89. The third-order valence-electron chi connectivity index (χ3n) is 5.23. The highest BCUT2D eigenvalue weighted by Gasteiger charge is 2.36. The SMILES string of the molecule is CCc1ccc(NC(C)=O)cc1NC(=O)C1CC(=O)N(c2ccc3c(c2)OCO3)C1. The van der Waals surface area contributed by atoms with Gasteiger partial charge in [-0.15, -0.1) is 0 Å². The van der Waals surface area contributed by atoms with Gasteiger partial charge in [0.05, 0.1) is 5.92 Å². The molecule has 30 heavy (non-hydrogen) atoms. The van der Waals surface area contributed by atoms with Gasteiger partial charge in [0, 0.05) is 43.0 Å². The number of nitrogens with one attached hydrogen (secondary N) is 2. The van der Waals surface area contributed by atoms with Gasteiger partial charge in [-0.1, -0.05) is 13.0 Å². The van der Waals surface area contributed by atoms with Crippen molar-refractivity contribution in [2.75, 3.05) is 28.9 Å². The van der Waals surface area contributed by atoms with Gasteiger partial charge in [-0.2, -0.15) is 0 Å². The Morgan fingerprint density at radius 1 is 1.10 bits per heavy atom. The average molecular weight is 409 g/mol. The van der Waals surface area contributed by atoms with Gasteiger partial charge in [-0.05, 0) is 36.2 Å². The lowest BCUT2D eigenvalue weighted by Crippen LogP contribution is -2.28. The van der Waals surface area contributed by atoms with Crippen LogP contribution in [0.5, 0.6) is 11.5 Å². The van der Waals surface area contributed by atoms with Crippen molar-refractivity contribution in [1.29, 1.82) is 0 Å². The van der Waals surface area contributed by atoms with E-state index in [0.29, 0.717) is 28.6 Å². The smallest absolute Gasteiger partial charge is 0.231 e. The van der Waals surface area contributed by atoms with Crippen LogP contribution in [0.25, 0.3) is 0 Å². The first-order valence-electron chi connectivity index (χ1n) is 9.86. The molecular formula is C22H23N3O5. The maximum atomic E-state index is 12.9. The summed E-state index contributed by atoms with van der Waals surface area (Å²) in [6, 6.07) is 10.7. The number of nitrogens with zero attached hydrogens (tertiary/aromatic N) is 1. The molecule has 0 aromatic heterocycles.